The molecule has 0 saturated heterocycles. The highest BCUT2D eigenvalue weighted by Gasteiger charge is 2.70. The van der Waals surface area contributed by atoms with Gasteiger partial charge in [0, 0.05) is 46.9 Å². The average molecular weight is 879 g/mol. The summed E-state index contributed by atoms with van der Waals surface area (Å²) >= 11 is 0. The van der Waals surface area contributed by atoms with Gasteiger partial charge in [0.05, 0.1) is 23.8 Å². The highest BCUT2D eigenvalue weighted by atomic mass is 16.5. The van der Waals surface area contributed by atoms with Crippen LogP contribution in [0.2, 0.25) is 0 Å². The van der Waals surface area contributed by atoms with Gasteiger partial charge in [-0.05, 0) is 121 Å². The van der Waals surface area contributed by atoms with Gasteiger partial charge in [0.15, 0.2) is 6.20 Å². The molecule has 0 N–H and O–H groups in total. The van der Waals surface area contributed by atoms with Gasteiger partial charge in [0.1, 0.15) is 17.5 Å². The zero-order valence-electron chi connectivity index (χ0n) is 50.6. The maximum Gasteiger partial charge on any atom is 0.432 e. The highest BCUT2D eigenvalue weighted by Crippen LogP contribution is 2.68. The number of para-hydroxylation sites is 1. The van der Waals surface area contributed by atoms with E-state index in [4.69, 9.17) is 14.3 Å². The molecule has 1 aromatic heterocycles. The van der Waals surface area contributed by atoms with Crippen LogP contribution in [0.25, 0.3) is 44.6 Å². The number of nitrogens with zero attached hydrogens (tertiary/aromatic N) is 3. The van der Waals surface area contributed by atoms with Crippen LogP contribution in [0.15, 0.2) is 127 Å². The maximum absolute atomic E-state index is 9.38. The number of fused-ring (bicyclic) bond motifs is 5. The predicted molar refractivity (Wildman–Crippen MR) is 275 cm³/mol. The van der Waals surface area contributed by atoms with Crippen molar-refractivity contribution in [3.8, 4) is 50.4 Å². The highest BCUT2D eigenvalue weighted by molar-refractivity contribution is 6.02. The van der Waals surface area contributed by atoms with Crippen LogP contribution < -0.4 is 19.1 Å². The fourth-order valence-corrected chi connectivity index (χ4v) is 10.7. The van der Waals surface area contributed by atoms with E-state index in [1.165, 1.54) is 0 Å². The van der Waals surface area contributed by atoms with Gasteiger partial charge in [-0.25, -0.2) is 4.90 Å². The smallest absolute Gasteiger partial charge is 0.410 e. The molecule has 0 amide bonds. The van der Waals surface area contributed by atoms with Crippen LogP contribution in [-0.2, 0) is 22.1 Å². The van der Waals surface area contributed by atoms with E-state index in [9.17, 15) is 4.11 Å². The van der Waals surface area contributed by atoms with Crippen LogP contribution in [-0.4, -0.2) is 0 Å². The summed E-state index contributed by atoms with van der Waals surface area (Å²) in [6.07, 6.45) is 1.23. The number of hydrogen-bond donors (Lipinski definition) is 0. The molecular formula is C62H66N3O+. The molecule has 0 radical (unpaired) electrons. The van der Waals surface area contributed by atoms with Crippen molar-refractivity contribution < 1.29 is 23.0 Å². The number of pyridine rings is 1. The number of aromatic nitrogens is 1. The topological polar surface area (TPSA) is 19.6 Å². The zero-order valence-corrected chi connectivity index (χ0v) is 40.6. The van der Waals surface area contributed by atoms with Crippen LogP contribution in [0.5, 0.6) is 5.75 Å². The van der Waals surface area contributed by atoms with E-state index in [1.807, 2.05) is 82.4 Å². The van der Waals surface area contributed by atoms with Gasteiger partial charge in [0.25, 0.3) is 0 Å². The Bertz CT molecular complexity index is 3620. The standard InChI is InChI=1S/C62H66N3O/c1-36(2)42-28-43(37(3)4)30-44(29-42)40-23-24-52(38(5)27-40)64-53-22-18-21-47-48-32-45(59(6,7)8)33-49-54-31-41(39-19-16-15-17-20-39)25-26-63(54)62(55(48)49)65(56(47)53)58(64)50-34-46(60(9,10)11)35-51(57(50)66-62)61(12,13)14/h15-37,58H,1-14H3/q+1/i5D3,15D,16D,17D,19D,20D,36D,37D. The first-order valence-electron chi connectivity index (χ1n) is 28.3. The lowest BCUT2D eigenvalue weighted by Crippen LogP contribution is -2.71. The second-order valence-corrected chi connectivity index (χ2v) is 22.3. The van der Waals surface area contributed by atoms with E-state index in [2.05, 4.69) is 113 Å². The van der Waals surface area contributed by atoms with E-state index in [0.717, 1.165) is 78.3 Å². The van der Waals surface area contributed by atoms with Crippen molar-refractivity contribution in [1.29, 1.82) is 0 Å². The van der Waals surface area contributed by atoms with Crippen molar-refractivity contribution >= 4 is 17.1 Å². The summed E-state index contributed by atoms with van der Waals surface area (Å²) < 4.78 is 100. The van der Waals surface area contributed by atoms with Crippen molar-refractivity contribution in [1.82, 2.24) is 0 Å². The second-order valence-electron chi connectivity index (χ2n) is 22.3. The Morgan fingerprint density at radius 3 is 1.97 bits per heavy atom. The Hall–Kier alpha value is -6.13. The molecule has 11 rings (SSSR count). The summed E-state index contributed by atoms with van der Waals surface area (Å²) in [7, 11) is 0. The number of hydrogen-bond acceptors (Lipinski definition) is 3. The molecule has 4 aliphatic heterocycles. The van der Waals surface area contributed by atoms with E-state index in [0.29, 0.717) is 22.6 Å². The normalized spacial score (nSPS) is 20.5. The minimum Gasteiger partial charge on any atom is -0.410 e. The van der Waals surface area contributed by atoms with Crippen molar-refractivity contribution in [2.45, 2.75) is 137 Å². The van der Waals surface area contributed by atoms with Gasteiger partial charge in [0.2, 0.25) is 5.69 Å². The molecule has 6 aromatic carbocycles. The third-order valence-corrected chi connectivity index (χ3v) is 14.3. The van der Waals surface area contributed by atoms with Crippen LogP contribution >= 0.6 is 0 Å². The van der Waals surface area contributed by atoms with Crippen molar-refractivity contribution in [2.24, 2.45) is 0 Å². The van der Waals surface area contributed by atoms with E-state index < -0.39 is 54.2 Å². The molecule has 0 fully saturated rings. The lowest BCUT2D eigenvalue weighted by molar-refractivity contribution is -0.774. The lowest BCUT2D eigenvalue weighted by Gasteiger charge is -2.49. The quantitative estimate of drug-likeness (QED) is 0.161. The number of ether oxygens (including phenoxy) is 1. The molecule has 4 heteroatoms. The first-order valence-corrected chi connectivity index (χ1v) is 23.3. The Kier molecular flexibility index (Phi) is 6.99. The van der Waals surface area contributed by atoms with Crippen molar-refractivity contribution in [3.05, 3.63) is 172 Å². The van der Waals surface area contributed by atoms with Gasteiger partial charge in [-0.15, -0.1) is 4.57 Å². The minimum atomic E-state index is -2.61. The fourth-order valence-electron chi connectivity index (χ4n) is 10.7. The first kappa shape index (κ1) is 32.5. The van der Waals surface area contributed by atoms with Gasteiger partial charge >= 0.3 is 5.85 Å². The lowest BCUT2D eigenvalue weighted by atomic mass is 9.77. The molecule has 1 spiro atoms. The first-order chi connectivity index (χ1) is 35.0. The van der Waals surface area contributed by atoms with Crippen LogP contribution in [0.3, 0.4) is 0 Å². The Morgan fingerprint density at radius 2 is 1.32 bits per heavy atom. The molecule has 66 heavy (non-hydrogen) atoms. The summed E-state index contributed by atoms with van der Waals surface area (Å²) in [6, 6.07) is 28.6. The summed E-state index contributed by atoms with van der Waals surface area (Å²) in [6.45, 7) is 24.4. The van der Waals surface area contributed by atoms with E-state index in [1.54, 1.807) is 6.07 Å². The summed E-state index contributed by atoms with van der Waals surface area (Å²) in [5.41, 5.74) is 13.1. The van der Waals surface area contributed by atoms with Gasteiger partial charge in [-0.3, -0.25) is 0 Å². The van der Waals surface area contributed by atoms with Crippen molar-refractivity contribution in [3.63, 3.8) is 0 Å². The molecule has 334 valence electrons. The monoisotopic (exact) mass is 879 g/mol. The SMILES string of the molecule is [2H]c1c([2H])c([2H])c(-c2cc[n+]3c(c2)-c2cc(C(C)(C)C)cc4c2C32Oc3c(cc(C(C)(C)C)cc3C(C)(C)C)C3N(c5ccc(-c6cc(C([2H])(C)C)cc(C([2H])(C)C)c6)cc5C([2H])([2H])[2H])c5cccc-4c5N32)c([2H])c1[2H]. The van der Waals surface area contributed by atoms with E-state index in [-0.39, 0.29) is 34.0 Å². The minimum absolute atomic E-state index is 0.102. The third-order valence-electron chi connectivity index (χ3n) is 14.3. The summed E-state index contributed by atoms with van der Waals surface area (Å²) in [5.74, 6) is -2.72. The second kappa shape index (κ2) is 14.2. The zero-order chi connectivity index (χ0) is 55.3. The van der Waals surface area contributed by atoms with Gasteiger partial charge in [-0.1, -0.05) is 163 Å². The third kappa shape index (κ3) is 6.12. The van der Waals surface area contributed by atoms with Crippen molar-refractivity contribution in [2.75, 3.05) is 9.80 Å². The Balaban J connectivity index is 1.27. The van der Waals surface area contributed by atoms with Crippen LogP contribution in [0, 0.1) is 6.85 Å². The molecule has 2 unspecified atom stereocenters. The number of aryl methyl sites for hydroxylation is 1. The molecule has 0 aliphatic carbocycles. The summed E-state index contributed by atoms with van der Waals surface area (Å²) in [4.78, 5) is 4.53. The predicted octanol–water partition coefficient (Wildman–Crippen LogP) is 16.1. The molecule has 7 aromatic rings. The average Bonchev–Trinajstić information content (AvgIpc) is 4.06. The molecule has 5 heterocycles. The maximum atomic E-state index is 9.38. The van der Waals surface area contributed by atoms with E-state index >= 15 is 0 Å². The number of rotatable bonds is 5. The largest absolute Gasteiger partial charge is 0.432 e. The molecular weight excluding hydrogens is 803 g/mol. The fraction of sp³-hybridized carbons (Fsp3) is 0.339. The Morgan fingerprint density at radius 1 is 0.652 bits per heavy atom. The Labute approximate surface area is 408 Å². The molecule has 4 aliphatic rings. The number of anilines is 3. The molecule has 4 nitrogen and oxygen atoms in total. The van der Waals surface area contributed by atoms with Gasteiger partial charge < -0.3 is 9.64 Å². The van der Waals surface area contributed by atoms with Crippen LogP contribution in [0.4, 0.5) is 17.1 Å². The molecule has 0 bridgehead atoms. The van der Waals surface area contributed by atoms with Crippen LogP contribution in [0.1, 0.15) is 166 Å². The molecule has 0 saturated carbocycles. The molecule has 2 atom stereocenters. The summed E-state index contributed by atoms with van der Waals surface area (Å²) in [5, 5.41) is 0. The van der Waals surface area contributed by atoms with Gasteiger partial charge in [-0.2, -0.15) is 0 Å². The number of benzene rings is 6.